The monoisotopic (exact) mass is 403 g/mol. The molecule has 0 saturated carbocycles. The Bertz CT molecular complexity index is 1150. The molecule has 1 aliphatic carbocycles. The number of aliphatic imine (C=N–C) groups is 1. The number of nitrogens with zero attached hydrogens (tertiary/aromatic N) is 1. The number of rotatable bonds is 5. The summed E-state index contributed by atoms with van der Waals surface area (Å²) in [6.45, 7) is 6.26. The summed E-state index contributed by atoms with van der Waals surface area (Å²) in [6, 6.07) is 15.6. The second kappa shape index (κ2) is 8.24. The molecule has 1 N–H and O–H groups in total. The van der Waals surface area contributed by atoms with Crippen molar-refractivity contribution in [3.05, 3.63) is 101 Å². The molecule has 0 amide bonds. The molecule has 0 aliphatic heterocycles. The molecule has 0 bridgehead atoms. The molecule has 2 aromatic carbocycles. The summed E-state index contributed by atoms with van der Waals surface area (Å²) < 4.78 is 5.67. The summed E-state index contributed by atoms with van der Waals surface area (Å²) in [5.74, 6) is 0.868. The van der Waals surface area contributed by atoms with Gasteiger partial charge in [-0.05, 0) is 72.0 Å². The Labute approximate surface area is 175 Å². The van der Waals surface area contributed by atoms with E-state index < -0.39 is 6.10 Å². The van der Waals surface area contributed by atoms with Gasteiger partial charge in [0, 0.05) is 10.4 Å². The highest BCUT2D eigenvalue weighted by Gasteiger charge is 2.23. The van der Waals surface area contributed by atoms with Gasteiger partial charge in [-0.1, -0.05) is 42.0 Å². The van der Waals surface area contributed by atoms with E-state index in [1.165, 1.54) is 0 Å². The second-order valence-corrected chi connectivity index (χ2v) is 7.63. The van der Waals surface area contributed by atoms with Crippen LogP contribution in [0.2, 0.25) is 5.02 Å². The van der Waals surface area contributed by atoms with Crippen LogP contribution in [-0.4, -0.2) is 16.9 Å². The molecule has 0 saturated heterocycles. The van der Waals surface area contributed by atoms with Crippen LogP contribution < -0.4 is 0 Å². The summed E-state index contributed by atoms with van der Waals surface area (Å²) in [4.78, 5) is 4.69. The van der Waals surface area contributed by atoms with Crippen LogP contribution in [0.15, 0.2) is 88.3 Å². The predicted octanol–water partition coefficient (Wildman–Crippen LogP) is 6.30. The maximum absolute atomic E-state index is 11.1. The van der Waals surface area contributed by atoms with Crippen LogP contribution in [-0.2, 0) is 6.54 Å². The van der Waals surface area contributed by atoms with Gasteiger partial charge in [0.05, 0.1) is 12.3 Å². The molecule has 1 atom stereocenters. The minimum absolute atomic E-state index is 0.481. The Morgan fingerprint density at radius 1 is 1.14 bits per heavy atom. The van der Waals surface area contributed by atoms with E-state index in [9.17, 15) is 5.11 Å². The average molecular weight is 404 g/mol. The van der Waals surface area contributed by atoms with Gasteiger partial charge in [0.2, 0.25) is 0 Å². The van der Waals surface area contributed by atoms with Crippen molar-refractivity contribution in [2.45, 2.75) is 26.0 Å². The molecule has 3 aromatic rings. The van der Waals surface area contributed by atoms with Crippen molar-refractivity contribution in [1.29, 1.82) is 0 Å². The third-order valence-corrected chi connectivity index (χ3v) is 5.21. The van der Waals surface area contributed by atoms with Gasteiger partial charge in [-0.25, -0.2) is 0 Å². The lowest BCUT2D eigenvalue weighted by molar-refractivity contribution is 0.297. The average Bonchev–Trinajstić information content (AvgIpc) is 3.08. The van der Waals surface area contributed by atoms with Crippen LogP contribution in [0.4, 0.5) is 0 Å². The Kier molecular flexibility index (Phi) is 5.52. The lowest BCUT2D eigenvalue weighted by atomic mass is 9.88. The summed E-state index contributed by atoms with van der Waals surface area (Å²) in [7, 11) is 0. The molecule has 4 rings (SSSR count). The topological polar surface area (TPSA) is 45.7 Å². The fourth-order valence-electron chi connectivity index (χ4n) is 3.53. The molecule has 1 unspecified atom stereocenters. The van der Waals surface area contributed by atoms with Crippen molar-refractivity contribution in [2.24, 2.45) is 4.99 Å². The molecule has 4 heteroatoms. The Balaban J connectivity index is 1.68. The SMILES string of the molecule is C=CCC1=C/C(=N\Cc2ccc(Cl)cc2)C(O)C(c2ccc3oc(C)cc3c2)=C1. The number of furan rings is 1. The number of aryl methyl sites for hydroxylation is 1. The number of hydrogen-bond donors (Lipinski definition) is 1. The minimum atomic E-state index is -0.790. The van der Waals surface area contributed by atoms with Gasteiger partial charge < -0.3 is 9.52 Å². The Hall–Kier alpha value is -2.88. The maximum atomic E-state index is 11.1. The van der Waals surface area contributed by atoms with Gasteiger partial charge >= 0.3 is 0 Å². The third-order valence-electron chi connectivity index (χ3n) is 4.96. The fourth-order valence-corrected chi connectivity index (χ4v) is 3.66. The number of aliphatic hydroxyl groups excluding tert-OH is 1. The van der Waals surface area contributed by atoms with E-state index in [1.54, 1.807) is 0 Å². The van der Waals surface area contributed by atoms with Gasteiger partial charge in [0.1, 0.15) is 17.4 Å². The van der Waals surface area contributed by atoms with Gasteiger partial charge in [0.25, 0.3) is 0 Å². The Morgan fingerprint density at radius 3 is 2.69 bits per heavy atom. The van der Waals surface area contributed by atoms with E-state index in [0.717, 1.165) is 39.0 Å². The van der Waals surface area contributed by atoms with Gasteiger partial charge in [-0.2, -0.15) is 0 Å². The number of fused-ring (bicyclic) bond motifs is 1. The first kappa shape index (κ1) is 19.4. The van der Waals surface area contributed by atoms with Crippen LogP contribution in [0, 0.1) is 6.92 Å². The second-order valence-electron chi connectivity index (χ2n) is 7.19. The van der Waals surface area contributed by atoms with Crippen molar-refractivity contribution >= 4 is 33.9 Å². The number of halogens is 1. The molecule has 0 radical (unpaired) electrons. The number of hydrogen-bond acceptors (Lipinski definition) is 3. The lowest BCUT2D eigenvalue weighted by Gasteiger charge is -2.22. The molecule has 1 aliphatic rings. The Morgan fingerprint density at radius 2 is 1.93 bits per heavy atom. The standard InChI is InChI=1S/C25H22ClNO2/c1-3-4-18-12-22(19-7-10-24-20(14-19)11-16(2)29-24)25(28)23(13-18)27-15-17-5-8-21(26)9-6-17/h3,5-14,25,28H,1,4,15H2,2H3/b27-23+. The smallest absolute Gasteiger partial charge is 0.134 e. The van der Waals surface area contributed by atoms with Crippen molar-refractivity contribution in [1.82, 2.24) is 0 Å². The van der Waals surface area contributed by atoms with E-state index >= 15 is 0 Å². The zero-order valence-corrected chi connectivity index (χ0v) is 17.0. The number of allylic oxidation sites excluding steroid dienone is 3. The van der Waals surface area contributed by atoms with Crippen LogP contribution >= 0.6 is 11.6 Å². The normalized spacial score (nSPS) is 18.0. The first-order valence-electron chi connectivity index (χ1n) is 9.54. The van der Waals surface area contributed by atoms with E-state index in [-0.39, 0.29) is 0 Å². The molecule has 1 aromatic heterocycles. The minimum Gasteiger partial charge on any atom is -0.461 e. The molecule has 0 spiro atoms. The first-order chi connectivity index (χ1) is 14.0. The van der Waals surface area contributed by atoms with Gasteiger partial charge in [0.15, 0.2) is 0 Å². The largest absolute Gasteiger partial charge is 0.461 e. The molecule has 1 heterocycles. The zero-order valence-electron chi connectivity index (χ0n) is 16.2. The molecule has 146 valence electrons. The highest BCUT2D eigenvalue weighted by atomic mass is 35.5. The summed E-state index contributed by atoms with van der Waals surface area (Å²) in [6.07, 6.45) is 5.76. The molecular formula is C25H22ClNO2. The van der Waals surface area contributed by atoms with E-state index in [1.807, 2.05) is 67.6 Å². The number of benzene rings is 2. The van der Waals surface area contributed by atoms with Crippen LogP contribution in [0.25, 0.3) is 16.5 Å². The van der Waals surface area contributed by atoms with Crippen molar-refractivity contribution in [3.63, 3.8) is 0 Å². The molecular weight excluding hydrogens is 382 g/mol. The summed E-state index contributed by atoms with van der Waals surface area (Å²) >= 11 is 5.96. The first-order valence-corrected chi connectivity index (χ1v) is 9.92. The number of aliphatic hydroxyl groups is 1. The van der Waals surface area contributed by atoms with Crippen LogP contribution in [0.3, 0.4) is 0 Å². The zero-order chi connectivity index (χ0) is 20.4. The van der Waals surface area contributed by atoms with Crippen molar-refractivity contribution < 1.29 is 9.52 Å². The van der Waals surface area contributed by atoms with Crippen molar-refractivity contribution in [3.8, 4) is 0 Å². The molecule has 29 heavy (non-hydrogen) atoms. The summed E-state index contributed by atoms with van der Waals surface area (Å²) in [5, 5.41) is 12.8. The highest BCUT2D eigenvalue weighted by Crippen LogP contribution is 2.30. The quantitative estimate of drug-likeness (QED) is 0.508. The van der Waals surface area contributed by atoms with Crippen LogP contribution in [0.1, 0.15) is 23.3 Å². The highest BCUT2D eigenvalue weighted by molar-refractivity contribution is 6.30. The van der Waals surface area contributed by atoms with E-state index in [0.29, 0.717) is 23.7 Å². The predicted molar refractivity (Wildman–Crippen MR) is 120 cm³/mol. The summed E-state index contributed by atoms with van der Waals surface area (Å²) in [5.41, 5.74) is 5.39. The fraction of sp³-hybridized carbons (Fsp3) is 0.160. The molecule has 0 fully saturated rings. The van der Waals surface area contributed by atoms with Crippen LogP contribution in [0.5, 0.6) is 0 Å². The lowest BCUT2D eigenvalue weighted by Crippen LogP contribution is -2.24. The van der Waals surface area contributed by atoms with E-state index in [4.69, 9.17) is 21.0 Å². The van der Waals surface area contributed by atoms with E-state index in [2.05, 4.69) is 12.6 Å². The van der Waals surface area contributed by atoms with Gasteiger partial charge in [-0.3, -0.25) is 4.99 Å². The molecule has 3 nitrogen and oxygen atoms in total. The van der Waals surface area contributed by atoms with Gasteiger partial charge in [-0.15, -0.1) is 6.58 Å². The maximum Gasteiger partial charge on any atom is 0.134 e. The van der Waals surface area contributed by atoms with Crippen molar-refractivity contribution in [2.75, 3.05) is 0 Å². The third kappa shape index (κ3) is 4.26.